The van der Waals surface area contributed by atoms with Gasteiger partial charge in [-0.3, -0.25) is 4.79 Å². The Labute approximate surface area is 109 Å². The van der Waals surface area contributed by atoms with Gasteiger partial charge in [-0.25, -0.2) is 4.79 Å². The lowest BCUT2D eigenvalue weighted by molar-refractivity contribution is 0.0694. The summed E-state index contributed by atoms with van der Waals surface area (Å²) >= 11 is 0. The Morgan fingerprint density at radius 3 is 2.53 bits per heavy atom. The second-order valence-electron chi connectivity index (χ2n) is 4.01. The summed E-state index contributed by atoms with van der Waals surface area (Å²) in [6.45, 7) is 0.437. The van der Waals surface area contributed by atoms with Crippen molar-refractivity contribution in [3.8, 4) is 6.07 Å². The van der Waals surface area contributed by atoms with Gasteiger partial charge in [0.15, 0.2) is 5.43 Å². The zero-order valence-corrected chi connectivity index (χ0v) is 9.91. The molecule has 0 unspecified atom stereocenters. The lowest BCUT2D eigenvalue weighted by atomic mass is 10.1. The molecule has 0 amide bonds. The summed E-state index contributed by atoms with van der Waals surface area (Å²) in [7, 11) is 0. The molecule has 1 N–H and O–H groups in total. The van der Waals surface area contributed by atoms with Crippen LogP contribution in [0.5, 0.6) is 0 Å². The largest absolute Gasteiger partial charge is 0.477 e. The van der Waals surface area contributed by atoms with E-state index in [2.05, 4.69) is 0 Å². The second-order valence-corrected chi connectivity index (χ2v) is 4.01. The van der Waals surface area contributed by atoms with Crippen molar-refractivity contribution in [3.05, 3.63) is 69.6 Å². The summed E-state index contributed by atoms with van der Waals surface area (Å²) in [5, 5.41) is 17.6. The van der Waals surface area contributed by atoms with Crippen LogP contribution in [0.1, 0.15) is 21.5 Å². The predicted octanol–water partition coefficient (Wildman–Crippen LogP) is 1.47. The highest BCUT2D eigenvalue weighted by atomic mass is 16.4. The van der Waals surface area contributed by atoms with Gasteiger partial charge >= 0.3 is 5.97 Å². The van der Waals surface area contributed by atoms with Gasteiger partial charge in [-0.2, -0.15) is 5.26 Å². The highest BCUT2D eigenvalue weighted by molar-refractivity contribution is 5.86. The number of benzene rings is 1. The standard InChI is InChI=1S/C14H10N2O3/c15-7-10-1-3-11(4-2-10)8-16-6-5-13(17)12(9-16)14(18)19/h1-6,9H,8H2,(H,18,19). The normalized spacial score (nSPS) is 9.84. The van der Waals surface area contributed by atoms with Gasteiger partial charge in [-0.1, -0.05) is 12.1 Å². The van der Waals surface area contributed by atoms with Crippen LogP contribution in [0.25, 0.3) is 0 Å². The second kappa shape index (κ2) is 5.19. The molecule has 1 aromatic heterocycles. The minimum absolute atomic E-state index is 0.254. The molecule has 5 heteroatoms. The molecule has 0 aliphatic heterocycles. The minimum atomic E-state index is -1.24. The Morgan fingerprint density at radius 1 is 1.26 bits per heavy atom. The zero-order valence-electron chi connectivity index (χ0n) is 9.91. The van der Waals surface area contributed by atoms with Crippen molar-refractivity contribution >= 4 is 5.97 Å². The van der Waals surface area contributed by atoms with Crippen molar-refractivity contribution < 1.29 is 9.90 Å². The maximum atomic E-state index is 11.3. The number of nitriles is 1. The number of aromatic nitrogens is 1. The molecule has 94 valence electrons. The molecule has 0 saturated carbocycles. The summed E-state index contributed by atoms with van der Waals surface area (Å²) in [6.07, 6.45) is 2.84. The minimum Gasteiger partial charge on any atom is -0.477 e. The summed E-state index contributed by atoms with van der Waals surface area (Å²) in [4.78, 5) is 22.2. The number of carboxylic acid groups (broad SMARTS) is 1. The highest BCUT2D eigenvalue weighted by Gasteiger charge is 2.08. The van der Waals surface area contributed by atoms with Gasteiger partial charge in [0, 0.05) is 25.0 Å². The molecule has 5 nitrogen and oxygen atoms in total. The molecule has 2 aromatic rings. The molecule has 2 rings (SSSR count). The number of aromatic carboxylic acids is 1. The molecule has 19 heavy (non-hydrogen) atoms. The van der Waals surface area contributed by atoms with Crippen LogP contribution in [0.15, 0.2) is 47.5 Å². The van der Waals surface area contributed by atoms with Crippen molar-refractivity contribution in [2.75, 3.05) is 0 Å². The average molecular weight is 254 g/mol. The van der Waals surface area contributed by atoms with E-state index in [1.54, 1.807) is 28.8 Å². The topological polar surface area (TPSA) is 83.1 Å². The van der Waals surface area contributed by atoms with Crippen LogP contribution in [0.3, 0.4) is 0 Å². The molecule has 0 aliphatic rings. The van der Waals surface area contributed by atoms with Crippen LogP contribution in [0.2, 0.25) is 0 Å². The maximum absolute atomic E-state index is 11.3. The van der Waals surface area contributed by atoms with E-state index < -0.39 is 11.4 Å². The van der Waals surface area contributed by atoms with E-state index in [1.807, 2.05) is 6.07 Å². The van der Waals surface area contributed by atoms with Crippen molar-refractivity contribution in [1.29, 1.82) is 5.26 Å². The highest BCUT2D eigenvalue weighted by Crippen LogP contribution is 2.06. The molecule has 0 radical (unpaired) electrons. The van der Waals surface area contributed by atoms with Crippen LogP contribution in [-0.4, -0.2) is 15.6 Å². The van der Waals surface area contributed by atoms with Crippen LogP contribution in [0, 0.1) is 11.3 Å². The lowest BCUT2D eigenvalue weighted by Gasteiger charge is -2.07. The van der Waals surface area contributed by atoms with Gasteiger partial charge in [0.1, 0.15) is 5.56 Å². The maximum Gasteiger partial charge on any atom is 0.341 e. The summed E-state index contributed by atoms with van der Waals surface area (Å²) < 4.78 is 1.62. The molecule has 0 atom stereocenters. The van der Waals surface area contributed by atoms with Crippen LogP contribution >= 0.6 is 0 Å². The number of rotatable bonds is 3. The van der Waals surface area contributed by atoms with E-state index >= 15 is 0 Å². The quantitative estimate of drug-likeness (QED) is 0.898. The fourth-order valence-corrected chi connectivity index (χ4v) is 1.68. The number of pyridine rings is 1. The van der Waals surface area contributed by atoms with Crippen LogP contribution in [0.4, 0.5) is 0 Å². The van der Waals surface area contributed by atoms with E-state index in [-0.39, 0.29) is 5.56 Å². The molecule has 0 saturated heterocycles. The van der Waals surface area contributed by atoms with Gasteiger partial charge in [-0.05, 0) is 17.7 Å². The predicted molar refractivity (Wildman–Crippen MR) is 67.9 cm³/mol. The van der Waals surface area contributed by atoms with Crippen LogP contribution < -0.4 is 5.43 Å². The Bertz CT molecular complexity index is 709. The Morgan fingerprint density at radius 2 is 1.95 bits per heavy atom. The smallest absolute Gasteiger partial charge is 0.341 e. The van der Waals surface area contributed by atoms with Gasteiger partial charge in [0.2, 0.25) is 0 Å². The first-order valence-corrected chi connectivity index (χ1v) is 5.52. The SMILES string of the molecule is N#Cc1ccc(Cn2ccc(=O)c(C(=O)O)c2)cc1. The lowest BCUT2D eigenvalue weighted by Crippen LogP contribution is -2.16. The van der Waals surface area contributed by atoms with E-state index in [9.17, 15) is 9.59 Å². The van der Waals surface area contributed by atoms with Gasteiger partial charge in [0.05, 0.1) is 11.6 Å². The number of hydrogen-bond acceptors (Lipinski definition) is 3. The van der Waals surface area contributed by atoms with E-state index in [0.29, 0.717) is 12.1 Å². The van der Waals surface area contributed by atoms with Gasteiger partial charge in [0.25, 0.3) is 0 Å². The molecular formula is C14H10N2O3. The third-order valence-electron chi connectivity index (χ3n) is 2.66. The Kier molecular flexibility index (Phi) is 3.44. The molecule has 1 aromatic carbocycles. The first-order valence-electron chi connectivity index (χ1n) is 5.52. The fraction of sp³-hybridized carbons (Fsp3) is 0.0714. The number of carboxylic acids is 1. The first-order chi connectivity index (χ1) is 9.10. The number of hydrogen-bond donors (Lipinski definition) is 1. The third kappa shape index (κ3) is 2.87. The Hall–Kier alpha value is -2.87. The monoisotopic (exact) mass is 254 g/mol. The fourth-order valence-electron chi connectivity index (χ4n) is 1.68. The van der Waals surface area contributed by atoms with Crippen LogP contribution in [-0.2, 0) is 6.54 Å². The van der Waals surface area contributed by atoms with E-state index in [4.69, 9.17) is 10.4 Å². The first kappa shape index (κ1) is 12.6. The van der Waals surface area contributed by atoms with Crippen molar-refractivity contribution in [2.24, 2.45) is 0 Å². The molecule has 0 aliphatic carbocycles. The summed E-state index contributed by atoms with van der Waals surface area (Å²) in [6, 6.07) is 10.2. The van der Waals surface area contributed by atoms with Gasteiger partial charge in [-0.15, -0.1) is 0 Å². The summed E-state index contributed by atoms with van der Waals surface area (Å²) in [5.74, 6) is -1.24. The molecule has 1 heterocycles. The molecule has 0 spiro atoms. The third-order valence-corrected chi connectivity index (χ3v) is 2.66. The van der Waals surface area contributed by atoms with E-state index in [1.165, 1.54) is 18.5 Å². The van der Waals surface area contributed by atoms with Crippen molar-refractivity contribution in [3.63, 3.8) is 0 Å². The van der Waals surface area contributed by atoms with E-state index in [0.717, 1.165) is 5.56 Å². The van der Waals surface area contributed by atoms with Gasteiger partial charge < -0.3 is 9.67 Å². The van der Waals surface area contributed by atoms with Crippen molar-refractivity contribution in [2.45, 2.75) is 6.54 Å². The van der Waals surface area contributed by atoms with Crippen molar-refractivity contribution in [1.82, 2.24) is 4.57 Å². The average Bonchev–Trinajstić information content (AvgIpc) is 2.41. The molecule has 0 bridgehead atoms. The number of nitrogens with zero attached hydrogens (tertiary/aromatic N) is 2. The molecular weight excluding hydrogens is 244 g/mol. The molecule has 0 fully saturated rings. The summed E-state index contributed by atoms with van der Waals surface area (Å²) in [5.41, 5.74) is 0.716. The zero-order chi connectivity index (χ0) is 13.8. The number of carbonyl (C=O) groups is 1. The Balaban J connectivity index is 2.28.